The Kier molecular flexibility index (Phi) is 1.28. The molecular weight excluding hydrogens is 146 g/mol. The van der Waals surface area contributed by atoms with Gasteiger partial charge in [0.1, 0.15) is 6.04 Å². The number of hydrogen-bond donors (Lipinski definition) is 3. The van der Waals surface area contributed by atoms with Gasteiger partial charge in [0.2, 0.25) is 0 Å². The van der Waals surface area contributed by atoms with E-state index < -0.39 is 6.04 Å². The van der Waals surface area contributed by atoms with Gasteiger partial charge >= 0.3 is 0 Å². The van der Waals surface area contributed by atoms with Crippen molar-refractivity contribution >= 4 is 5.78 Å². The number of carbonyl (C=O) groups is 1. The summed E-state index contributed by atoms with van der Waals surface area (Å²) in [4.78, 5) is 11.1. The minimum Gasteiger partial charge on any atom is -0.293 e. The van der Waals surface area contributed by atoms with E-state index in [0.717, 1.165) is 5.17 Å². The van der Waals surface area contributed by atoms with Crippen LogP contribution in [0.2, 0.25) is 0 Å². The van der Waals surface area contributed by atoms with E-state index in [0.29, 0.717) is 5.70 Å². The number of fused-ring (bicyclic) bond motifs is 1. The van der Waals surface area contributed by atoms with Gasteiger partial charge in [-0.2, -0.15) is 5.17 Å². The molecule has 11 heavy (non-hydrogen) atoms. The minimum absolute atomic E-state index is 0.0634. The fraction of sp³-hybridized carbons (Fsp3) is 0.167. The summed E-state index contributed by atoms with van der Waals surface area (Å²) in [5.41, 5.74) is 5.54. The summed E-state index contributed by atoms with van der Waals surface area (Å²) in [7, 11) is 0. The fourth-order valence-corrected chi connectivity index (χ4v) is 1.11. The first-order valence-corrected chi connectivity index (χ1v) is 3.21. The van der Waals surface area contributed by atoms with E-state index in [9.17, 15) is 4.79 Å². The lowest BCUT2D eigenvalue weighted by Gasteiger charge is -2.11. The summed E-state index contributed by atoms with van der Waals surface area (Å²) in [5, 5.41) is 9.85. The zero-order valence-electron chi connectivity index (χ0n) is 5.61. The summed E-state index contributed by atoms with van der Waals surface area (Å²) in [6.07, 6.45) is 4.73. The molecule has 1 aliphatic carbocycles. The van der Waals surface area contributed by atoms with Crippen molar-refractivity contribution in [3.8, 4) is 0 Å². The van der Waals surface area contributed by atoms with E-state index >= 15 is 0 Å². The number of nitrogens with zero attached hydrogens (tertiary/aromatic N) is 1. The molecule has 5 nitrogen and oxygen atoms in total. The van der Waals surface area contributed by atoms with Crippen molar-refractivity contribution in [2.24, 2.45) is 0 Å². The molecule has 0 aromatic heterocycles. The molecule has 1 unspecified atom stereocenters. The molecule has 5 heteroatoms. The lowest BCUT2D eigenvalue weighted by atomic mass is 10.1. The van der Waals surface area contributed by atoms with Crippen LogP contribution < -0.4 is 11.0 Å². The number of carbonyl (C=O) groups excluding carboxylic acids is 1. The van der Waals surface area contributed by atoms with Gasteiger partial charge in [-0.15, -0.1) is 5.53 Å². The van der Waals surface area contributed by atoms with E-state index in [1.807, 2.05) is 0 Å². The van der Waals surface area contributed by atoms with E-state index in [2.05, 4.69) is 11.0 Å². The van der Waals surface area contributed by atoms with E-state index in [4.69, 9.17) is 5.21 Å². The lowest BCUT2D eigenvalue weighted by molar-refractivity contribution is -0.116. The number of hydrogen-bond acceptors (Lipinski definition) is 5. The van der Waals surface area contributed by atoms with Crippen molar-refractivity contribution in [1.82, 2.24) is 16.1 Å². The Balaban J connectivity index is 2.34. The first-order valence-electron chi connectivity index (χ1n) is 3.21. The van der Waals surface area contributed by atoms with Crippen LogP contribution in [-0.4, -0.2) is 22.2 Å². The zero-order chi connectivity index (χ0) is 7.84. The van der Waals surface area contributed by atoms with Crippen molar-refractivity contribution in [3.63, 3.8) is 0 Å². The van der Waals surface area contributed by atoms with Gasteiger partial charge in [0.05, 0.1) is 5.70 Å². The highest BCUT2D eigenvalue weighted by Crippen LogP contribution is 2.15. The Bertz CT molecular complexity index is 259. The molecule has 2 aliphatic rings. The average Bonchev–Trinajstić information content (AvgIpc) is 2.35. The Morgan fingerprint density at radius 3 is 3.18 bits per heavy atom. The normalized spacial score (nSPS) is 28.8. The maximum atomic E-state index is 11.1. The minimum atomic E-state index is -0.440. The van der Waals surface area contributed by atoms with E-state index in [1.54, 1.807) is 12.2 Å². The Hall–Kier alpha value is -1.17. The van der Waals surface area contributed by atoms with Crippen LogP contribution >= 0.6 is 0 Å². The number of hydroxylamine groups is 1. The maximum absolute atomic E-state index is 11.1. The summed E-state index contributed by atoms with van der Waals surface area (Å²) in [6.45, 7) is 0. The van der Waals surface area contributed by atoms with Crippen molar-refractivity contribution in [2.75, 3.05) is 0 Å². The molecular formula is C6H7N3O2. The second-order valence-electron chi connectivity index (χ2n) is 2.35. The molecule has 3 N–H and O–H groups in total. The third-order valence-corrected chi connectivity index (χ3v) is 1.67. The number of rotatable bonds is 0. The molecule has 0 aromatic rings. The van der Waals surface area contributed by atoms with Crippen LogP contribution in [0.1, 0.15) is 0 Å². The number of nitrogens with one attached hydrogen (secondary N) is 2. The predicted octanol–water partition coefficient (Wildman–Crippen LogP) is -0.908. The van der Waals surface area contributed by atoms with Crippen molar-refractivity contribution in [2.45, 2.75) is 6.04 Å². The number of allylic oxidation sites excluding steroid dienone is 2. The van der Waals surface area contributed by atoms with Gasteiger partial charge < -0.3 is 0 Å². The molecule has 1 atom stereocenters. The molecule has 2 rings (SSSR count). The zero-order valence-corrected chi connectivity index (χ0v) is 5.61. The van der Waals surface area contributed by atoms with Crippen LogP contribution in [0.25, 0.3) is 0 Å². The summed E-state index contributed by atoms with van der Waals surface area (Å²) < 4.78 is 0. The highest BCUT2D eigenvalue weighted by molar-refractivity contribution is 5.98. The molecule has 1 aliphatic heterocycles. The molecule has 1 fully saturated rings. The quantitative estimate of drug-likeness (QED) is 0.420. The summed E-state index contributed by atoms with van der Waals surface area (Å²) in [6, 6.07) is -0.440. The van der Waals surface area contributed by atoms with Crippen molar-refractivity contribution in [1.29, 1.82) is 0 Å². The number of hydrazine groups is 2. The van der Waals surface area contributed by atoms with Crippen LogP contribution in [0.4, 0.5) is 0 Å². The highest BCUT2D eigenvalue weighted by Gasteiger charge is 2.32. The van der Waals surface area contributed by atoms with Crippen LogP contribution in [0, 0.1) is 0 Å². The largest absolute Gasteiger partial charge is 0.293 e. The van der Waals surface area contributed by atoms with Gasteiger partial charge in [0, 0.05) is 0 Å². The Morgan fingerprint density at radius 1 is 1.64 bits per heavy atom. The van der Waals surface area contributed by atoms with Gasteiger partial charge in [0.15, 0.2) is 5.78 Å². The molecule has 0 bridgehead atoms. The second-order valence-corrected chi connectivity index (χ2v) is 2.35. The van der Waals surface area contributed by atoms with Gasteiger partial charge in [-0.3, -0.25) is 10.0 Å². The smallest absolute Gasteiger partial charge is 0.180 e. The standard InChI is InChI=1S/C6H7N3O2/c10-5-3-1-2-4-6(5)7-8-9(4)11/h1-3,6-8,11H. The molecule has 1 saturated heterocycles. The monoisotopic (exact) mass is 153 g/mol. The fourth-order valence-electron chi connectivity index (χ4n) is 1.11. The first kappa shape index (κ1) is 6.53. The molecule has 0 aromatic carbocycles. The molecule has 58 valence electrons. The van der Waals surface area contributed by atoms with Crippen LogP contribution in [0.5, 0.6) is 0 Å². The molecule has 0 spiro atoms. The molecule has 0 amide bonds. The molecule has 1 heterocycles. The van der Waals surface area contributed by atoms with E-state index in [1.165, 1.54) is 6.08 Å². The maximum Gasteiger partial charge on any atom is 0.180 e. The average molecular weight is 153 g/mol. The lowest BCUT2D eigenvalue weighted by Crippen LogP contribution is -2.37. The predicted molar refractivity (Wildman–Crippen MR) is 35.9 cm³/mol. The van der Waals surface area contributed by atoms with Gasteiger partial charge in [-0.25, -0.2) is 5.43 Å². The van der Waals surface area contributed by atoms with E-state index in [-0.39, 0.29) is 5.78 Å². The van der Waals surface area contributed by atoms with Gasteiger partial charge in [-0.05, 0) is 12.2 Å². The molecule has 0 saturated carbocycles. The summed E-state index contributed by atoms with van der Waals surface area (Å²) >= 11 is 0. The third kappa shape index (κ3) is 0.864. The topological polar surface area (TPSA) is 64.6 Å². The van der Waals surface area contributed by atoms with Gasteiger partial charge in [0.25, 0.3) is 0 Å². The molecule has 0 radical (unpaired) electrons. The van der Waals surface area contributed by atoms with Crippen LogP contribution in [-0.2, 0) is 4.79 Å². The van der Waals surface area contributed by atoms with Crippen molar-refractivity contribution in [3.05, 3.63) is 23.9 Å². The third-order valence-electron chi connectivity index (χ3n) is 1.67. The van der Waals surface area contributed by atoms with Gasteiger partial charge in [-0.1, -0.05) is 6.08 Å². The SMILES string of the molecule is O=C1C=CC=C2C1NNN2O. The first-order chi connectivity index (χ1) is 5.29. The Labute approximate surface area is 62.9 Å². The number of ketones is 1. The Morgan fingerprint density at radius 2 is 2.45 bits per heavy atom. The summed E-state index contributed by atoms with van der Waals surface area (Å²) in [5.74, 6) is -0.0634. The van der Waals surface area contributed by atoms with Crippen molar-refractivity contribution < 1.29 is 10.0 Å². The second kappa shape index (κ2) is 2.16. The van der Waals surface area contributed by atoms with Crippen LogP contribution in [0.3, 0.4) is 0 Å². The highest BCUT2D eigenvalue weighted by atomic mass is 16.6. The van der Waals surface area contributed by atoms with Crippen LogP contribution in [0.15, 0.2) is 23.9 Å².